The minimum atomic E-state index is -0.581. The van der Waals surface area contributed by atoms with Crippen LogP contribution >= 0.6 is 15.9 Å². The molecule has 1 aromatic heterocycles. The summed E-state index contributed by atoms with van der Waals surface area (Å²) in [6.45, 7) is 0. The van der Waals surface area contributed by atoms with Gasteiger partial charge in [-0.1, -0.05) is 40.2 Å². The van der Waals surface area contributed by atoms with Crippen molar-refractivity contribution in [2.75, 3.05) is 0 Å². The third-order valence-electron chi connectivity index (χ3n) is 3.60. The first-order valence-corrected chi connectivity index (χ1v) is 7.36. The van der Waals surface area contributed by atoms with Crippen molar-refractivity contribution < 1.29 is 5.11 Å². The highest BCUT2D eigenvalue weighted by molar-refractivity contribution is 9.10. The van der Waals surface area contributed by atoms with Gasteiger partial charge in [0.1, 0.15) is 5.56 Å². The Labute approximate surface area is 128 Å². The molecular weight excluding hydrogens is 336 g/mol. The first kappa shape index (κ1) is 13.9. The van der Waals surface area contributed by atoms with Crippen molar-refractivity contribution in [3.05, 3.63) is 61.7 Å². The molecule has 1 aliphatic rings. The Kier molecular flexibility index (Phi) is 3.55. The molecular formula is C15H13BrN2O3. The van der Waals surface area contributed by atoms with Crippen LogP contribution in [0.25, 0.3) is 11.1 Å². The second-order valence-electron chi connectivity index (χ2n) is 4.93. The topological polar surface area (TPSA) is 75.1 Å². The number of halogens is 1. The maximum absolute atomic E-state index is 12.1. The zero-order valence-electron chi connectivity index (χ0n) is 11.0. The quantitative estimate of drug-likeness (QED) is 0.819. The minimum absolute atomic E-state index is 0.119. The van der Waals surface area contributed by atoms with Crippen molar-refractivity contribution in [3.8, 4) is 17.0 Å². The summed E-state index contributed by atoms with van der Waals surface area (Å²) in [6, 6.07) is 6.84. The molecule has 0 atom stereocenters. The van der Waals surface area contributed by atoms with E-state index in [1.165, 1.54) is 4.57 Å². The first-order chi connectivity index (χ1) is 10.1. The summed E-state index contributed by atoms with van der Waals surface area (Å²) < 4.78 is 2.13. The van der Waals surface area contributed by atoms with Gasteiger partial charge in [-0.15, -0.1) is 0 Å². The molecule has 0 fully saturated rings. The van der Waals surface area contributed by atoms with Gasteiger partial charge in [-0.25, -0.2) is 4.79 Å². The van der Waals surface area contributed by atoms with E-state index in [2.05, 4.69) is 20.9 Å². The summed E-state index contributed by atoms with van der Waals surface area (Å²) in [4.78, 5) is 26.3. The van der Waals surface area contributed by atoms with Crippen molar-refractivity contribution in [2.24, 2.45) is 0 Å². The maximum atomic E-state index is 12.1. The number of aromatic amines is 1. The van der Waals surface area contributed by atoms with Crippen molar-refractivity contribution in [1.82, 2.24) is 9.55 Å². The summed E-state index contributed by atoms with van der Waals surface area (Å²) >= 11 is 3.32. The van der Waals surface area contributed by atoms with E-state index in [9.17, 15) is 14.7 Å². The monoisotopic (exact) mass is 348 g/mol. The summed E-state index contributed by atoms with van der Waals surface area (Å²) in [6.07, 6.45) is 5.25. The second kappa shape index (κ2) is 5.37. The molecule has 0 spiro atoms. The molecule has 3 rings (SSSR count). The zero-order valence-corrected chi connectivity index (χ0v) is 12.6. The van der Waals surface area contributed by atoms with E-state index in [-0.39, 0.29) is 17.5 Å². The van der Waals surface area contributed by atoms with E-state index in [4.69, 9.17) is 0 Å². The van der Waals surface area contributed by atoms with Gasteiger partial charge in [0.15, 0.2) is 0 Å². The number of hydrogen-bond acceptors (Lipinski definition) is 3. The van der Waals surface area contributed by atoms with Gasteiger partial charge in [0.25, 0.3) is 5.56 Å². The molecule has 0 radical (unpaired) electrons. The lowest BCUT2D eigenvalue weighted by molar-refractivity contribution is 0.370. The standard InChI is InChI=1S/C15H13BrN2O3/c16-10-7-5-9(6-8-10)12-13(19)17-15(21)18(14(12)20)11-3-1-2-4-11/h1-2,5-8,11,20H,3-4H2,(H,17,19,21). The second-order valence-corrected chi connectivity index (χ2v) is 5.85. The Morgan fingerprint density at radius 3 is 2.38 bits per heavy atom. The highest BCUT2D eigenvalue weighted by Gasteiger charge is 2.22. The molecule has 0 amide bonds. The van der Waals surface area contributed by atoms with Crippen LogP contribution in [0.2, 0.25) is 0 Å². The molecule has 0 saturated carbocycles. The third kappa shape index (κ3) is 2.47. The van der Waals surface area contributed by atoms with E-state index in [1.807, 2.05) is 12.2 Å². The number of aromatic nitrogens is 2. The number of nitrogens with one attached hydrogen (secondary N) is 1. The van der Waals surface area contributed by atoms with E-state index in [1.54, 1.807) is 24.3 Å². The van der Waals surface area contributed by atoms with Gasteiger partial charge >= 0.3 is 5.69 Å². The molecule has 1 aliphatic carbocycles. The average molecular weight is 349 g/mol. The van der Waals surface area contributed by atoms with Crippen LogP contribution in [0.5, 0.6) is 5.88 Å². The molecule has 108 valence electrons. The highest BCUT2D eigenvalue weighted by atomic mass is 79.9. The van der Waals surface area contributed by atoms with Crippen LogP contribution in [0.15, 0.2) is 50.5 Å². The Morgan fingerprint density at radius 2 is 1.76 bits per heavy atom. The van der Waals surface area contributed by atoms with E-state index >= 15 is 0 Å². The Bertz CT molecular complexity index is 810. The van der Waals surface area contributed by atoms with E-state index < -0.39 is 11.2 Å². The zero-order chi connectivity index (χ0) is 15.0. The number of allylic oxidation sites excluding steroid dienone is 2. The SMILES string of the molecule is O=c1[nH]c(=O)n(C2CC=CC2)c(O)c1-c1ccc(Br)cc1. The van der Waals surface area contributed by atoms with Gasteiger partial charge in [0.2, 0.25) is 5.88 Å². The first-order valence-electron chi connectivity index (χ1n) is 6.56. The van der Waals surface area contributed by atoms with Gasteiger partial charge < -0.3 is 5.11 Å². The van der Waals surface area contributed by atoms with Gasteiger partial charge in [-0.2, -0.15) is 0 Å². The normalized spacial score (nSPS) is 14.7. The van der Waals surface area contributed by atoms with Gasteiger partial charge in [-0.3, -0.25) is 14.3 Å². The lowest BCUT2D eigenvalue weighted by Crippen LogP contribution is -2.32. The Morgan fingerprint density at radius 1 is 1.14 bits per heavy atom. The van der Waals surface area contributed by atoms with Crippen molar-refractivity contribution >= 4 is 15.9 Å². The molecule has 1 aromatic carbocycles. The maximum Gasteiger partial charge on any atom is 0.331 e. The van der Waals surface area contributed by atoms with Gasteiger partial charge in [-0.05, 0) is 30.5 Å². The molecule has 1 heterocycles. The average Bonchev–Trinajstić information content (AvgIpc) is 2.94. The van der Waals surface area contributed by atoms with Crippen molar-refractivity contribution in [3.63, 3.8) is 0 Å². The number of aromatic hydroxyl groups is 1. The van der Waals surface area contributed by atoms with E-state index in [0.29, 0.717) is 18.4 Å². The number of rotatable bonds is 2. The van der Waals surface area contributed by atoms with Crippen molar-refractivity contribution in [2.45, 2.75) is 18.9 Å². The molecule has 2 N–H and O–H groups in total. The predicted molar refractivity (Wildman–Crippen MR) is 83.5 cm³/mol. The smallest absolute Gasteiger partial charge is 0.331 e. The number of nitrogens with zero attached hydrogens (tertiary/aromatic N) is 1. The summed E-state index contributed by atoms with van der Waals surface area (Å²) in [5.41, 5.74) is -0.472. The summed E-state index contributed by atoms with van der Waals surface area (Å²) in [5.74, 6) is -0.278. The number of benzene rings is 1. The fraction of sp³-hybridized carbons (Fsp3) is 0.200. The lowest BCUT2D eigenvalue weighted by Gasteiger charge is -2.17. The predicted octanol–water partition coefficient (Wildman–Crippen LogP) is 2.56. The van der Waals surface area contributed by atoms with Crippen LogP contribution in [0, 0.1) is 0 Å². The fourth-order valence-electron chi connectivity index (χ4n) is 2.57. The molecule has 5 nitrogen and oxygen atoms in total. The van der Waals surface area contributed by atoms with Crippen LogP contribution in [0.1, 0.15) is 18.9 Å². The van der Waals surface area contributed by atoms with E-state index in [0.717, 1.165) is 4.47 Å². The minimum Gasteiger partial charge on any atom is -0.494 e. The fourth-order valence-corrected chi connectivity index (χ4v) is 2.83. The Balaban J connectivity index is 2.21. The van der Waals surface area contributed by atoms with Gasteiger partial charge in [0, 0.05) is 10.5 Å². The molecule has 0 saturated heterocycles. The third-order valence-corrected chi connectivity index (χ3v) is 4.13. The van der Waals surface area contributed by atoms with Crippen LogP contribution in [0.4, 0.5) is 0 Å². The van der Waals surface area contributed by atoms with Crippen LogP contribution in [0.3, 0.4) is 0 Å². The number of H-pyrrole nitrogens is 1. The number of hydrogen-bond donors (Lipinski definition) is 2. The van der Waals surface area contributed by atoms with Crippen LogP contribution in [-0.2, 0) is 0 Å². The highest BCUT2D eigenvalue weighted by Crippen LogP contribution is 2.31. The van der Waals surface area contributed by atoms with Crippen molar-refractivity contribution in [1.29, 1.82) is 0 Å². The summed E-state index contributed by atoms with van der Waals surface area (Å²) in [7, 11) is 0. The lowest BCUT2D eigenvalue weighted by atomic mass is 10.1. The van der Waals surface area contributed by atoms with Gasteiger partial charge in [0.05, 0.1) is 0 Å². The molecule has 6 heteroatoms. The molecule has 0 unspecified atom stereocenters. The Hall–Kier alpha value is -2.08. The van der Waals surface area contributed by atoms with Crippen LogP contribution in [-0.4, -0.2) is 14.7 Å². The van der Waals surface area contributed by atoms with Crippen LogP contribution < -0.4 is 11.2 Å². The molecule has 2 aromatic rings. The summed E-state index contributed by atoms with van der Waals surface area (Å²) in [5, 5.41) is 10.4. The molecule has 21 heavy (non-hydrogen) atoms. The molecule has 0 bridgehead atoms. The molecule has 0 aliphatic heterocycles. The largest absolute Gasteiger partial charge is 0.494 e.